The van der Waals surface area contributed by atoms with Gasteiger partial charge in [0, 0.05) is 18.7 Å². The molecule has 1 aliphatic rings. The van der Waals surface area contributed by atoms with E-state index in [0.717, 1.165) is 18.5 Å². The van der Waals surface area contributed by atoms with Gasteiger partial charge in [-0.15, -0.1) is 9.94 Å². The Morgan fingerprint density at radius 1 is 1.69 bits per heavy atom. The lowest BCUT2D eigenvalue weighted by Crippen LogP contribution is -2.17. The first-order valence-electron chi connectivity index (χ1n) is 4.08. The standard InChI is InChI=1S/C7H11FN3OP/c8-6-4-10(13)2-1-5-3-9-11(12)7(5)6/h3,6,12H,1-2,4,13H2. The molecule has 2 atom stereocenters. The molecule has 0 aliphatic carbocycles. The quantitative estimate of drug-likeness (QED) is 0.500. The van der Waals surface area contributed by atoms with E-state index < -0.39 is 6.17 Å². The number of hydrogen-bond acceptors (Lipinski definition) is 3. The van der Waals surface area contributed by atoms with E-state index in [4.69, 9.17) is 0 Å². The Labute approximate surface area is 77.6 Å². The molecule has 2 rings (SSSR count). The highest BCUT2D eigenvalue weighted by molar-refractivity contribution is 7.13. The fourth-order valence-corrected chi connectivity index (χ4v) is 1.86. The van der Waals surface area contributed by atoms with Crippen LogP contribution in [-0.2, 0) is 6.42 Å². The lowest BCUT2D eigenvalue weighted by Gasteiger charge is -2.13. The average Bonchev–Trinajstić information content (AvgIpc) is 2.36. The van der Waals surface area contributed by atoms with Gasteiger partial charge in [0.25, 0.3) is 0 Å². The topological polar surface area (TPSA) is 41.3 Å². The van der Waals surface area contributed by atoms with Crippen molar-refractivity contribution in [2.45, 2.75) is 12.6 Å². The van der Waals surface area contributed by atoms with Crippen LogP contribution in [0.15, 0.2) is 6.20 Å². The molecule has 1 aromatic rings. The minimum Gasteiger partial charge on any atom is -0.411 e. The van der Waals surface area contributed by atoms with Gasteiger partial charge < -0.3 is 5.21 Å². The lowest BCUT2D eigenvalue weighted by molar-refractivity contribution is 0.120. The molecule has 0 radical (unpaired) electrons. The zero-order chi connectivity index (χ0) is 9.42. The van der Waals surface area contributed by atoms with Crippen molar-refractivity contribution in [3.63, 3.8) is 0 Å². The molecule has 0 amide bonds. The Morgan fingerprint density at radius 2 is 2.46 bits per heavy atom. The molecular formula is C7H11FN3OP. The highest BCUT2D eigenvalue weighted by Gasteiger charge is 2.25. The van der Waals surface area contributed by atoms with E-state index in [1.807, 2.05) is 4.67 Å². The first kappa shape index (κ1) is 8.91. The summed E-state index contributed by atoms with van der Waals surface area (Å²) in [5.41, 5.74) is 1.09. The zero-order valence-corrected chi connectivity index (χ0v) is 8.17. The second-order valence-electron chi connectivity index (χ2n) is 3.16. The highest BCUT2D eigenvalue weighted by atomic mass is 31.0. The first-order valence-corrected chi connectivity index (χ1v) is 4.60. The van der Waals surface area contributed by atoms with Gasteiger partial charge in [0.1, 0.15) is 5.69 Å². The van der Waals surface area contributed by atoms with Crippen LogP contribution in [0, 0.1) is 0 Å². The van der Waals surface area contributed by atoms with Crippen LogP contribution in [0.5, 0.6) is 0 Å². The maximum absolute atomic E-state index is 13.5. The summed E-state index contributed by atoms with van der Waals surface area (Å²) in [4.78, 5) is 0.643. The average molecular weight is 203 g/mol. The molecule has 2 heterocycles. The monoisotopic (exact) mass is 203 g/mol. The maximum atomic E-state index is 13.5. The van der Waals surface area contributed by atoms with E-state index in [0.29, 0.717) is 10.5 Å². The predicted octanol–water partition coefficient (Wildman–Crippen LogP) is 0.779. The molecule has 1 N–H and O–H groups in total. The van der Waals surface area contributed by atoms with Crippen molar-refractivity contribution in [1.29, 1.82) is 0 Å². The van der Waals surface area contributed by atoms with Crippen LogP contribution in [0.3, 0.4) is 0 Å². The van der Waals surface area contributed by atoms with E-state index in [1.54, 1.807) is 0 Å². The minimum absolute atomic E-state index is 0.282. The van der Waals surface area contributed by atoms with Crippen molar-refractivity contribution in [3.05, 3.63) is 17.5 Å². The fourth-order valence-electron chi connectivity index (χ4n) is 1.55. The van der Waals surface area contributed by atoms with E-state index in [2.05, 4.69) is 14.5 Å². The molecule has 0 spiro atoms. The number of halogens is 1. The number of alkyl halides is 1. The molecule has 0 bridgehead atoms. The molecule has 6 heteroatoms. The Hall–Kier alpha value is -0.670. The maximum Gasteiger partial charge on any atom is 0.158 e. The van der Waals surface area contributed by atoms with Crippen LogP contribution in [-0.4, -0.2) is 32.9 Å². The largest absolute Gasteiger partial charge is 0.411 e. The van der Waals surface area contributed by atoms with Crippen LogP contribution in [0.4, 0.5) is 4.39 Å². The minimum atomic E-state index is -1.16. The Balaban J connectivity index is 2.37. The molecule has 0 saturated heterocycles. The smallest absolute Gasteiger partial charge is 0.158 e. The second kappa shape index (κ2) is 3.24. The molecule has 0 saturated carbocycles. The van der Waals surface area contributed by atoms with Gasteiger partial charge in [0.15, 0.2) is 6.17 Å². The van der Waals surface area contributed by atoms with Gasteiger partial charge >= 0.3 is 0 Å². The summed E-state index contributed by atoms with van der Waals surface area (Å²) < 4.78 is 15.3. The first-order chi connectivity index (χ1) is 6.18. The number of fused-ring (bicyclic) bond motifs is 1. The van der Waals surface area contributed by atoms with Gasteiger partial charge in [0.2, 0.25) is 0 Å². The Morgan fingerprint density at radius 3 is 3.23 bits per heavy atom. The number of hydrogen-bond donors (Lipinski definition) is 1. The zero-order valence-electron chi connectivity index (χ0n) is 7.02. The summed E-state index contributed by atoms with van der Waals surface area (Å²) in [5.74, 6) is 0. The van der Waals surface area contributed by atoms with Crippen molar-refractivity contribution in [1.82, 2.24) is 14.6 Å². The molecule has 0 fully saturated rings. The van der Waals surface area contributed by atoms with E-state index in [1.165, 1.54) is 6.20 Å². The van der Waals surface area contributed by atoms with E-state index in [-0.39, 0.29) is 6.54 Å². The highest BCUT2D eigenvalue weighted by Crippen LogP contribution is 2.26. The van der Waals surface area contributed by atoms with Crippen LogP contribution in [0.2, 0.25) is 0 Å². The fraction of sp³-hybridized carbons (Fsp3) is 0.571. The van der Waals surface area contributed by atoms with Crippen LogP contribution in [0.1, 0.15) is 17.4 Å². The van der Waals surface area contributed by atoms with Crippen molar-refractivity contribution in [3.8, 4) is 0 Å². The summed E-state index contributed by atoms with van der Waals surface area (Å²) in [6, 6.07) is 0. The van der Waals surface area contributed by atoms with Gasteiger partial charge in [-0.2, -0.15) is 0 Å². The summed E-state index contributed by atoms with van der Waals surface area (Å²) in [6.07, 6.45) is 1.08. The van der Waals surface area contributed by atoms with Gasteiger partial charge in [-0.05, 0) is 6.42 Å². The van der Waals surface area contributed by atoms with Crippen molar-refractivity contribution >= 4 is 9.39 Å². The summed E-state index contributed by atoms with van der Waals surface area (Å²) in [7, 11) is 2.47. The van der Waals surface area contributed by atoms with Crippen molar-refractivity contribution in [2.75, 3.05) is 13.1 Å². The third-order valence-electron chi connectivity index (χ3n) is 2.23. The number of rotatable bonds is 0. The lowest BCUT2D eigenvalue weighted by atomic mass is 10.1. The van der Waals surface area contributed by atoms with Crippen molar-refractivity contribution in [2.24, 2.45) is 0 Å². The van der Waals surface area contributed by atoms with Crippen LogP contribution in [0.25, 0.3) is 0 Å². The van der Waals surface area contributed by atoms with E-state index >= 15 is 0 Å². The number of nitrogens with zero attached hydrogens (tertiary/aromatic N) is 3. The molecule has 1 aromatic heterocycles. The number of aromatic nitrogens is 2. The van der Waals surface area contributed by atoms with Crippen molar-refractivity contribution < 1.29 is 9.60 Å². The molecule has 13 heavy (non-hydrogen) atoms. The Bertz CT molecular complexity index is 317. The summed E-state index contributed by atoms with van der Waals surface area (Å²) in [5, 5.41) is 12.8. The SMILES string of the molecule is On1ncc2c1C(F)CN(P)CC2. The predicted molar refractivity (Wildman–Crippen MR) is 48.2 cm³/mol. The molecule has 1 aliphatic heterocycles. The third kappa shape index (κ3) is 1.54. The Kier molecular flexibility index (Phi) is 2.22. The molecule has 72 valence electrons. The second-order valence-corrected chi connectivity index (χ2v) is 3.89. The summed E-state index contributed by atoms with van der Waals surface area (Å²) in [6.45, 7) is 1.05. The molecule has 4 nitrogen and oxygen atoms in total. The van der Waals surface area contributed by atoms with Gasteiger partial charge in [-0.3, -0.25) is 4.67 Å². The van der Waals surface area contributed by atoms with Gasteiger partial charge in [-0.1, -0.05) is 9.39 Å². The molecule has 2 unspecified atom stereocenters. The van der Waals surface area contributed by atoms with E-state index in [9.17, 15) is 9.60 Å². The molecular weight excluding hydrogens is 192 g/mol. The normalized spacial score (nSPS) is 24.0. The molecule has 0 aromatic carbocycles. The summed E-state index contributed by atoms with van der Waals surface area (Å²) >= 11 is 0. The van der Waals surface area contributed by atoms with Gasteiger partial charge in [-0.25, -0.2) is 4.39 Å². The van der Waals surface area contributed by atoms with Crippen LogP contribution >= 0.6 is 9.39 Å². The van der Waals surface area contributed by atoms with Crippen LogP contribution < -0.4 is 0 Å². The third-order valence-corrected chi connectivity index (χ3v) is 2.70. The van der Waals surface area contributed by atoms with Gasteiger partial charge in [0.05, 0.1) is 6.20 Å².